The fourth-order valence-corrected chi connectivity index (χ4v) is 4.80. The average molecular weight is 715 g/mol. The molecule has 276 valence electrons. The van der Waals surface area contributed by atoms with Crippen LogP contribution >= 0.6 is 0 Å². The van der Waals surface area contributed by atoms with Crippen LogP contribution in [0.2, 0.25) is 0 Å². The second-order valence-electron chi connectivity index (χ2n) is 11.7. The maximum atomic E-state index is 12.6. The summed E-state index contributed by atoms with van der Waals surface area (Å²) in [6.45, 7) is 1.92. The van der Waals surface area contributed by atoms with Gasteiger partial charge in [-0.15, -0.1) is 0 Å². The van der Waals surface area contributed by atoms with E-state index in [1.807, 2.05) is 0 Å². The largest absolute Gasteiger partial charge is 0.493 e. The van der Waals surface area contributed by atoms with Crippen LogP contribution in [0, 0.1) is 0 Å². The van der Waals surface area contributed by atoms with E-state index in [1.165, 1.54) is 106 Å². The van der Waals surface area contributed by atoms with Gasteiger partial charge in [0.15, 0.2) is 11.5 Å². The van der Waals surface area contributed by atoms with Crippen LogP contribution in [0.25, 0.3) is 6.08 Å². The lowest BCUT2D eigenvalue weighted by atomic mass is 10.1. The predicted octanol–water partition coefficient (Wildman–Crippen LogP) is 9.10. The predicted molar refractivity (Wildman–Crippen MR) is 188 cm³/mol. The maximum Gasteiger partial charge on any atom is 0.392 e. The van der Waals surface area contributed by atoms with Crippen molar-refractivity contribution in [3.05, 3.63) is 83.4 Å². The first kappa shape index (κ1) is 40.2. The summed E-state index contributed by atoms with van der Waals surface area (Å²) in [5, 5.41) is 0. The van der Waals surface area contributed by atoms with Crippen LogP contribution in [-0.4, -0.2) is 44.4 Å². The molecule has 0 aliphatic rings. The molecular formula is C38H45F3N2O8. The molecule has 0 aliphatic heterocycles. The quantitative estimate of drug-likeness (QED) is 0.0275. The molecule has 3 rings (SSSR count). The van der Waals surface area contributed by atoms with Gasteiger partial charge >= 0.3 is 24.1 Å². The molecule has 0 fully saturated rings. The molecule has 13 heteroatoms. The molecule has 0 saturated heterocycles. The first-order valence-electron chi connectivity index (χ1n) is 16.9. The number of unbranched alkanes of at least 4 members (excludes halogenated alkanes) is 8. The Hall–Kier alpha value is -5.20. The van der Waals surface area contributed by atoms with Crippen LogP contribution in [0.1, 0.15) is 97.4 Å². The van der Waals surface area contributed by atoms with Crippen molar-refractivity contribution in [3.63, 3.8) is 0 Å². The molecule has 0 radical (unpaired) electrons. The Labute approximate surface area is 296 Å². The van der Waals surface area contributed by atoms with Gasteiger partial charge in [-0.25, -0.2) is 19.9 Å². The molecule has 0 aliphatic carbocycles. The molecule has 3 N–H and O–H groups in total. The van der Waals surface area contributed by atoms with Gasteiger partial charge in [-0.2, -0.15) is 13.2 Å². The van der Waals surface area contributed by atoms with Crippen molar-refractivity contribution in [1.29, 1.82) is 0 Å². The number of rotatable bonds is 21. The number of methoxy groups -OCH3 is 1. The molecule has 0 unspecified atom stereocenters. The summed E-state index contributed by atoms with van der Waals surface area (Å²) in [5.41, 5.74) is 9.91. The SMILES string of the molecule is CCCCCCCCCCCOC(=O)c1cc(N)cc(NOC(=O)/C=C/c2ccc(OC(=O)c3ccc(OCCC(F)(F)F)c(OC)c3)cc2)c1. The van der Waals surface area contributed by atoms with Crippen LogP contribution in [-0.2, 0) is 14.4 Å². The fraction of sp³-hybridized carbons (Fsp3) is 0.395. The van der Waals surface area contributed by atoms with Crippen LogP contribution < -0.4 is 25.4 Å². The van der Waals surface area contributed by atoms with E-state index in [2.05, 4.69) is 12.4 Å². The highest BCUT2D eigenvalue weighted by Crippen LogP contribution is 2.30. The number of anilines is 2. The van der Waals surface area contributed by atoms with Gasteiger partial charge in [-0.3, -0.25) is 0 Å². The lowest BCUT2D eigenvalue weighted by Gasteiger charge is -2.13. The van der Waals surface area contributed by atoms with Crippen molar-refractivity contribution < 1.29 is 51.3 Å². The highest BCUT2D eigenvalue weighted by Gasteiger charge is 2.27. The zero-order chi connectivity index (χ0) is 37.1. The van der Waals surface area contributed by atoms with E-state index in [1.54, 1.807) is 12.1 Å². The smallest absolute Gasteiger partial charge is 0.392 e. The third-order valence-electron chi connectivity index (χ3n) is 7.49. The van der Waals surface area contributed by atoms with Gasteiger partial charge in [0.2, 0.25) is 0 Å². The minimum atomic E-state index is -4.36. The second-order valence-corrected chi connectivity index (χ2v) is 11.7. The number of carbonyl (C=O) groups excluding carboxylic acids is 3. The molecule has 0 spiro atoms. The van der Waals surface area contributed by atoms with Crippen molar-refractivity contribution in [1.82, 2.24) is 0 Å². The molecule has 0 aromatic heterocycles. The molecule has 0 bridgehead atoms. The van der Waals surface area contributed by atoms with Crippen molar-refractivity contribution in [2.24, 2.45) is 0 Å². The number of halogens is 3. The van der Waals surface area contributed by atoms with Gasteiger partial charge in [0, 0.05) is 11.8 Å². The van der Waals surface area contributed by atoms with Gasteiger partial charge in [0.05, 0.1) is 43.6 Å². The highest BCUT2D eigenvalue weighted by atomic mass is 19.4. The standard InChI is InChI=1S/C38H45F3N2O8/c1-3-4-5-6-7-8-9-10-11-21-49-36(45)29-23-30(42)26-31(24-29)43-51-35(44)19-14-27-12-16-32(17-13-27)50-37(46)28-15-18-33(34(25-28)47-2)48-22-20-38(39,40)41/h12-19,23-26,43H,3-11,20-22,42H2,1-2H3/b19-14+. The molecule has 0 atom stereocenters. The zero-order valence-electron chi connectivity index (χ0n) is 28.9. The van der Waals surface area contributed by atoms with E-state index in [9.17, 15) is 27.6 Å². The van der Waals surface area contributed by atoms with E-state index in [0.29, 0.717) is 17.9 Å². The molecule has 3 aromatic rings. The monoisotopic (exact) mass is 714 g/mol. The van der Waals surface area contributed by atoms with Crippen LogP contribution in [0.15, 0.2) is 66.7 Å². The van der Waals surface area contributed by atoms with E-state index < -0.39 is 37.1 Å². The number of carbonyl (C=O) groups is 3. The summed E-state index contributed by atoms with van der Waals surface area (Å²) in [5.74, 6) is -1.65. The van der Waals surface area contributed by atoms with Crippen LogP contribution in [0.5, 0.6) is 17.2 Å². The summed E-state index contributed by atoms with van der Waals surface area (Å²) < 4.78 is 58.3. The second kappa shape index (κ2) is 21.1. The van der Waals surface area contributed by atoms with Crippen LogP contribution in [0.4, 0.5) is 24.5 Å². The number of hydrogen-bond donors (Lipinski definition) is 2. The molecule has 0 amide bonds. The number of hydrogen-bond acceptors (Lipinski definition) is 10. The lowest BCUT2D eigenvalue weighted by molar-refractivity contribution is -0.139. The van der Waals surface area contributed by atoms with Gasteiger partial charge < -0.3 is 29.5 Å². The third-order valence-corrected chi connectivity index (χ3v) is 7.49. The number of nitrogen functional groups attached to an aromatic ring is 1. The van der Waals surface area contributed by atoms with E-state index in [4.69, 9.17) is 29.5 Å². The van der Waals surface area contributed by atoms with Crippen molar-refractivity contribution in [2.45, 2.75) is 77.3 Å². The van der Waals surface area contributed by atoms with E-state index in [0.717, 1.165) is 19.3 Å². The number of esters is 2. The lowest BCUT2D eigenvalue weighted by Crippen LogP contribution is -2.13. The summed E-state index contributed by atoms with van der Waals surface area (Å²) in [6.07, 6.45) is 7.57. The van der Waals surface area contributed by atoms with E-state index in [-0.39, 0.29) is 34.1 Å². The Morgan fingerprint density at radius 2 is 1.47 bits per heavy atom. The van der Waals surface area contributed by atoms with Crippen LogP contribution in [0.3, 0.4) is 0 Å². The minimum Gasteiger partial charge on any atom is -0.493 e. The molecule has 0 heterocycles. The number of nitrogens with two attached hydrogens (primary N) is 1. The fourth-order valence-electron chi connectivity index (χ4n) is 4.80. The van der Waals surface area contributed by atoms with E-state index >= 15 is 0 Å². The Bertz CT molecular complexity index is 1590. The van der Waals surface area contributed by atoms with Gasteiger partial charge in [0.1, 0.15) is 5.75 Å². The molecule has 0 saturated carbocycles. The summed E-state index contributed by atoms with van der Waals surface area (Å²) in [6, 6.07) is 14.7. The van der Waals surface area contributed by atoms with Crippen molar-refractivity contribution in [2.75, 3.05) is 31.5 Å². The Morgan fingerprint density at radius 3 is 2.14 bits per heavy atom. The normalized spacial score (nSPS) is 11.2. The first-order valence-corrected chi connectivity index (χ1v) is 16.9. The zero-order valence-corrected chi connectivity index (χ0v) is 28.9. The maximum absolute atomic E-state index is 12.6. The Balaban J connectivity index is 1.42. The molecule has 3 aromatic carbocycles. The summed E-state index contributed by atoms with van der Waals surface area (Å²) in [4.78, 5) is 42.6. The summed E-state index contributed by atoms with van der Waals surface area (Å²) >= 11 is 0. The van der Waals surface area contributed by atoms with Gasteiger partial charge in [-0.1, -0.05) is 70.4 Å². The topological polar surface area (TPSA) is 135 Å². The average Bonchev–Trinajstić information content (AvgIpc) is 3.10. The van der Waals surface area contributed by atoms with Gasteiger partial charge in [0.25, 0.3) is 0 Å². The number of benzene rings is 3. The number of ether oxygens (including phenoxy) is 4. The Morgan fingerprint density at radius 1 is 0.784 bits per heavy atom. The number of alkyl halides is 3. The summed E-state index contributed by atoms with van der Waals surface area (Å²) in [7, 11) is 1.30. The Kier molecular flexibility index (Phi) is 16.7. The minimum absolute atomic E-state index is 0.0559. The molecule has 10 nitrogen and oxygen atoms in total. The molecule has 51 heavy (non-hydrogen) atoms. The van der Waals surface area contributed by atoms with Gasteiger partial charge in [-0.05, 0) is 66.6 Å². The third kappa shape index (κ3) is 15.5. The highest BCUT2D eigenvalue weighted by molar-refractivity contribution is 5.93. The first-order chi connectivity index (χ1) is 24.5. The number of nitrogens with one attached hydrogen (secondary N) is 1. The van der Waals surface area contributed by atoms with Crippen molar-refractivity contribution in [3.8, 4) is 17.2 Å². The van der Waals surface area contributed by atoms with Crippen molar-refractivity contribution >= 4 is 35.4 Å². The molecular weight excluding hydrogens is 669 g/mol.